The zero-order valence-electron chi connectivity index (χ0n) is 12.0. The lowest BCUT2D eigenvalue weighted by Gasteiger charge is -2.14. The van der Waals surface area contributed by atoms with E-state index in [1.807, 2.05) is 0 Å². The number of hydrogen-bond donors (Lipinski definition) is 4. The van der Waals surface area contributed by atoms with Crippen molar-refractivity contribution >= 4 is 17.9 Å². The van der Waals surface area contributed by atoms with Crippen molar-refractivity contribution in [2.75, 3.05) is 19.8 Å². The minimum absolute atomic E-state index is 0.0252. The first kappa shape index (κ1) is 17.2. The number of carboxylic acids is 1. The topological polar surface area (TPSA) is 131 Å². The Kier molecular flexibility index (Phi) is 7.52. The van der Waals surface area contributed by atoms with Gasteiger partial charge in [0.2, 0.25) is 5.91 Å². The van der Waals surface area contributed by atoms with Gasteiger partial charge in [-0.2, -0.15) is 0 Å². The van der Waals surface area contributed by atoms with E-state index in [0.29, 0.717) is 25.5 Å². The van der Waals surface area contributed by atoms with Gasteiger partial charge in [0, 0.05) is 26.2 Å². The van der Waals surface area contributed by atoms with Gasteiger partial charge in [0.1, 0.15) is 6.04 Å². The molecule has 0 saturated heterocycles. The molecule has 21 heavy (non-hydrogen) atoms. The zero-order chi connectivity index (χ0) is 15.7. The van der Waals surface area contributed by atoms with Crippen LogP contribution in [0.5, 0.6) is 0 Å². The highest BCUT2D eigenvalue weighted by atomic mass is 16.5. The number of carboxylic acid groups (broad SMARTS) is 1. The van der Waals surface area contributed by atoms with Crippen LogP contribution in [0.2, 0.25) is 0 Å². The van der Waals surface area contributed by atoms with E-state index in [0.717, 1.165) is 6.61 Å². The SMILES string of the molecule is NC(=O)CC[C@H](NC(=O)NCCCOCC1CC1)C(=O)O. The second-order valence-corrected chi connectivity index (χ2v) is 5.17. The van der Waals surface area contributed by atoms with Crippen molar-refractivity contribution in [2.24, 2.45) is 11.7 Å². The maximum absolute atomic E-state index is 11.5. The molecule has 0 aromatic carbocycles. The Morgan fingerprint density at radius 1 is 1.33 bits per heavy atom. The van der Waals surface area contributed by atoms with Gasteiger partial charge in [-0.05, 0) is 31.6 Å². The van der Waals surface area contributed by atoms with Crippen LogP contribution in [-0.4, -0.2) is 48.8 Å². The molecule has 0 heterocycles. The molecule has 1 aliphatic carbocycles. The van der Waals surface area contributed by atoms with Crippen LogP contribution in [0.3, 0.4) is 0 Å². The summed E-state index contributed by atoms with van der Waals surface area (Å²) >= 11 is 0. The number of hydrogen-bond acceptors (Lipinski definition) is 4. The third kappa shape index (κ3) is 8.85. The van der Waals surface area contributed by atoms with Crippen LogP contribution >= 0.6 is 0 Å². The summed E-state index contributed by atoms with van der Waals surface area (Å²) in [5.74, 6) is -1.08. The van der Waals surface area contributed by atoms with Crippen LogP contribution in [0.15, 0.2) is 0 Å². The molecule has 0 aromatic rings. The summed E-state index contributed by atoms with van der Waals surface area (Å²) in [7, 11) is 0. The summed E-state index contributed by atoms with van der Waals surface area (Å²) in [5.41, 5.74) is 4.95. The van der Waals surface area contributed by atoms with Gasteiger partial charge in [-0.1, -0.05) is 0 Å². The average Bonchev–Trinajstić information content (AvgIpc) is 3.22. The summed E-state index contributed by atoms with van der Waals surface area (Å²) in [6.07, 6.45) is 3.03. The van der Waals surface area contributed by atoms with E-state index in [1.54, 1.807) is 0 Å². The first-order valence-corrected chi connectivity index (χ1v) is 7.12. The summed E-state index contributed by atoms with van der Waals surface area (Å²) in [6, 6.07) is -1.70. The number of primary amides is 1. The van der Waals surface area contributed by atoms with Crippen molar-refractivity contribution in [3.63, 3.8) is 0 Å². The number of rotatable bonds is 11. The van der Waals surface area contributed by atoms with Crippen LogP contribution in [0.1, 0.15) is 32.1 Å². The normalized spacial score (nSPS) is 15.2. The van der Waals surface area contributed by atoms with Crippen LogP contribution in [0.4, 0.5) is 4.79 Å². The molecule has 0 aromatic heterocycles. The maximum atomic E-state index is 11.5. The predicted molar refractivity (Wildman–Crippen MR) is 74.5 cm³/mol. The van der Waals surface area contributed by atoms with Gasteiger partial charge in [0.05, 0.1) is 0 Å². The van der Waals surface area contributed by atoms with E-state index in [-0.39, 0.29) is 12.8 Å². The van der Waals surface area contributed by atoms with Crippen molar-refractivity contribution in [2.45, 2.75) is 38.1 Å². The lowest BCUT2D eigenvalue weighted by atomic mass is 10.1. The Hall–Kier alpha value is -1.83. The van der Waals surface area contributed by atoms with Crippen molar-refractivity contribution in [1.29, 1.82) is 0 Å². The van der Waals surface area contributed by atoms with E-state index in [4.69, 9.17) is 15.6 Å². The molecule has 0 bridgehead atoms. The lowest BCUT2D eigenvalue weighted by Crippen LogP contribution is -2.46. The average molecular weight is 301 g/mol. The van der Waals surface area contributed by atoms with Gasteiger partial charge in [0.15, 0.2) is 0 Å². The van der Waals surface area contributed by atoms with Crippen molar-refractivity contribution < 1.29 is 24.2 Å². The Morgan fingerprint density at radius 3 is 2.62 bits per heavy atom. The third-order valence-corrected chi connectivity index (χ3v) is 3.08. The van der Waals surface area contributed by atoms with Crippen molar-refractivity contribution in [1.82, 2.24) is 10.6 Å². The highest BCUT2D eigenvalue weighted by Gasteiger charge is 2.21. The Bertz CT molecular complexity index is 371. The smallest absolute Gasteiger partial charge is 0.326 e. The Morgan fingerprint density at radius 2 is 2.05 bits per heavy atom. The molecule has 1 saturated carbocycles. The number of carbonyl (C=O) groups excluding carboxylic acids is 2. The molecule has 5 N–H and O–H groups in total. The van der Waals surface area contributed by atoms with Gasteiger partial charge in [-0.15, -0.1) is 0 Å². The number of urea groups is 1. The summed E-state index contributed by atoms with van der Waals surface area (Å²) in [5, 5.41) is 13.8. The molecule has 3 amide bonds. The Labute approximate surface area is 123 Å². The second-order valence-electron chi connectivity index (χ2n) is 5.17. The number of nitrogens with two attached hydrogens (primary N) is 1. The highest BCUT2D eigenvalue weighted by molar-refractivity contribution is 5.83. The fourth-order valence-electron chi connectivity index (χ4n) is 1.66. The zero-order valence-corrected chi connectivity index (χ0v) is 12.0. The van der Waals surface area contributed by atoms with E-state index >= 15 is 0 Å². The van der Waals surface area contributed by atoms with E-state index < -0.39 is 23.9 Å². The van der Waals surface area contributed by atoms with Gasteiger partial charge in [0.25, 0.3) is 0 Å². The van der Waals surface area contributed by atoms with E-state index in [2.05, 4.69) is 10.6 Å². The number of nitrogens with one attached hydrogen (secondary N) is 2. The third-order valence-electron chi connectivity index (χ3n) is 3.08. The first-order valence-electron chi connectivity index (χ1n) is 7.12. The minimum atomic E-state index is -1.20. The molecule has 8 nitrogen and oxygen atoms in total. The maximum Gasteiger partial charge on any atom is 0.326 e. The molecule has 1 aliphatic rings. The van der Waals surface area contributed by atoms with Crippen LogP contribution in [0.25, 0.3) is 0 Å². The van der Waals surface area contributed by atoms with E-state index in [9.17, 15) is 14.4 Å². The summed E-state index contributed by atoms with van der Waals surface area (Å²) in [6.45, 7) is 1.75. The highest BCUT2D eigenvalue weighted by Crippen LogP contribution is 2.28. The lowest BCUT2D eigenvalue weighted by molar-refractivity contribution is -0.139. The van der Waals surface area contributed by atoms with Gasteiger partial charge >= 0.3 is 12.0 Å². The molecular formula is C13H23N3O5. The molecule has 0 aliphatic heterocycles. The molecule has 1 fully saturated rings. The standard InChI is InChI=1S/C13H23N3O5/c14-11(17)5-4-10(12(18)19)16-13(20)15-6-1-7-21-8-9-2-3-9/h9-10H,1-8H2,(H2,14,17)(H,18,19)(H2,15,16,20)/t10-/m0/s1. The predicted octanol–water partition coefficient (Wildman–Crippen LogP) is -0.179. The van der Waals surface area contributed by atoms with Gasteiger partial charge < -0.3 is 26.2 Å². The van der Waals surface area contributed by atoms with Crippen molar-refractivity contribution in [3.8, 4) is 0 Å². The van der Waals surface area contributed by atoms with Crippen molar-refractivity contribution in [3.05, 3.63) is 0 Å². The summed E-state index contributed by atoms with van der Waals surface area (Å²) < 4.78 is 5.41. The fraction of sp³-hybridized carbons (Fsp3) is 0.769. The van der Waals surface area contributed by atoms with Crippen LogP contribution < -0.4 is 16.4 Å². The van der Waals surface area contributed by atoms with Gasteiger partial charge in [-0.3, -0.25) is 4.79 Å². The first-order chi connectivity index (χ1) is 9.99. The molecule has 1 rings (SSSR count). The number of aliphatic carboxylic acids is 1. The number of amides is 3. The quantitative estimate of drug-likeness (QED) is 0.393. The molecule has 1 atom stereocenters. The monoisotopic (exact) mass is 301 g/mol. The van der Waals surface area contributed by atoms with Crippen LogP contribution in [-0.2, 0) is 14.3 Å². The summed E-state index contributed by atoms with van der Waals surface area (Å²) in [4.78, 5) is 33.1. The molecule has 0 spiro atoms. The number of ether oxygens (including phenoxy) is 1. The fourth-order valence-corrected chi connectivity index (χ4v) is 1.66. The minimum Gasteiger partial charge on any atom is -0.480 e. The molecule has 0 radical (unpaired) electrons. The molecule has 120 valence electrons. The molecule has 0 unspecified atom stereocenters. The van der Waals surface area contributed by atoms with Crippen LogP contribution in [0, 0.1) is 5.92 Å². The largest absolute Gasteiger partial charge is 0.480 e. The molecule has 8 heteroatoms. The molecular weight excluding hydrogens is 278 g/mol. The number of carbonyl (C=O) groups is 3. The Balaban J connectivity index is 2.07. The van der Waals surface area contributed by atoms with Gasteiger partial charge in [-0.25, -0.2) is 9.59 Å². The van der Waals surface area contributed by atoms with E-state index in [1.165, 1.54) is 12.8 Å². The second kappa shape index (κ2) is 9.17.